The van der Waals surface area contributed by atoms with Crippen LogP contribution in [0.25, 0.3) is 0 Å². The van der Waals surface area contributed by atoms with Gasteiger partial charge in [-0.3, -0.25) is 0 Å². The van der Waals surface area contributed by atoms with E-state index in [0.717, 1.165) is 10.9 Å². The molecule has 0 unspecified atom stereocenters. The lowest BCUT2D eigenvalue weighted by Crippen LogP contribution is -2.05. The van der Waals surface area contributed by atoms with Crippen molar-refractivity contribution in [3.8, 4) is 0 Å². The molecule has 1 aromatic rings. The molecule has 1 heterocycles. The van der Waals surface area contributed by atoms with Crippen molar-refractivity contribution in [2.45, 2.75) is 19.0 Å². The Morgan fingerprint density at radius 2 is 2.36 bits per heavy atom. The van der Waals surface area contributed by atoms with Crippen molar-refractivity contribution in [2.75, 3.05) is 5.75 Å². The molecule has 0 aliphatic rings. The number of carboxylic acid groups (broad SMARTS) is 1. The summed E-state index contributed by atoms with van der Waals surface area (Å²) in [5.74, 6) is 0.588. The molecule has 1 N–H and O–H groups in total. The molecule has 78 valence electrons. The first kappa shape index (κ1) is 11.1. The van der Waals surface area contributed by atoms with Crippen LogP contribution in [0.15, 0.2) is 11.4 Å². The highest BCUT2D eigenvalue weighted by Crippen LogP contribution is 2.19. The molecule has 0 spiro atoms. The van der Waals surface area contributed by atoms with Crippen LogP contribution in [0.1, 0.15) is 24.3 Å². The maximum absolute atomic E-state index is 10.7. The zero-order valence-corrected chi connectivity index (χ0v) is 9.34. The smallest absolute Gasteiger partial charge is 0.354 e. The Balaban J connectivity index is 2.74. The van der Waals surface area contributed by atoms with E-state index < -0.39 is 5.97 Å². The lowest BCUT2D eigenvalue weighted by atomic mass is 10.3. The normalized spacial score (nSPS) is 10.9. The number of rotatable bonds is 4. The number of hydrogen-bond donors (Lipinski definition) is 1. The molecular formula is C9H14N2O2S. The Morgan fingerprint density at radius 3 is 2.79 bits per heavy atom. The number of imidazole rings is 1. The molecule has 0 amide bonds. The third-order valence-corrected chi connectivity index (χ3v) is 3.18. The second kappa shape index (κ2) is 4.50. The van der Waals surface area contributed by atoms with Gasteiger partial charge in [-0.1, -0.05) is 25.6 Å². The van der Waals surface area contributed by atoms with Crippen LogP contribution in [-0.2, 0) is 7.05 Å². The first-order valence-electron chi connectivity index (χ1n) is 4.40. The van der Waals surface area contributed by atoms with E-state index in [0.29, 0.717) is 5.92 Å². The van der Waals surface area contributed by atoms with Gasteiger partial charge in [-0.15, -0.1) is 0 Å². The van der Waals surface area contributed by atoms with Gasteiger partial charge in [0.2, 0.25) is 0 Å². The summed E-state index contributed by atoms with van der Waals surface area (Å²) >= 11 is 1.58. The molecule has 0 radical (unpaired) electrons. The first-order valence-corrected chi connectivity index (χ1v) is 5.38. The van der Waals surface area contributed by atoms with E-state index >= 15 is 0 Å². The Hall–Kier alpha value is -0.970. The number of carboxylic acids is 1. The summed E-state index contributed by atoms with van der Waals surface area (Å²) in [7, 11) is 1.72. The van der Waals surface area contributed by atoms with Gasteiger partial charge in [0.05, 0.1) is 6.20 Å². The van der Waals surface area contributed by atoms with Gasteiger partial charge in [-0.25, -0.2) is 9.78 Å². The number of aromatic nitrogens is 2. The van der Waals surface area contributed by atoms with Crippen LogP contribution < -0.4 is 0 Å². The fourth-order valence-corrected chi connectivity index (χ4v) is 1.87. The highest BCUT2D eigenvalue weighted by molar-refractivity contribution is 7.99. The maximum Gasteiger partial charge on any atom is 0.354 e. The van der Waals surface area contributed by atoms with Crippen LogP contribution in [0.4, 0.5) is 0 Å². The summed E-state index contributed by atoms with van der Waals surface area (Å²) in [6.45, 7) is 4.24. The summed E-state index contributed by atoms with van der Waals surface area (Å²) < 4.78 is 1.61. The molecule has 14 heavy (non-hydrogen) atoms. The number of aromatic carboxylic acids is 1. The van der Waals surface area contributed by atoms with E-state index in [4.69, 9.17) is 5.11 Å². The first-order chi connectivity index (χ1) is 6.52. The minimum Gasteiger partial charge on any atom is -0.477 e. The van der Waals surface area contributed by atoms with E-state index in [1.807, 2.05) is 0 Å². The summed E-state index contributed by atoms with van der Waals surface area (Å²) in [5, 5.41) is 9.55. The van der Waals surface area contributed by atoms with Gasteiger partial charge >= 0.3 is 5.97 Å². The second-order valence-corrected chi connectivity index (χ2v) is 4.48. The molecule has 0 aromatic carbocycles. The van der Waals surface area contributed by atoms with Crippen molar-refractivity contribution < 1.29 is 9.90 Å². The van der Waals surface area contributed by atoms with E-state index in [1.165, 1.54) is 6.20 Å². The number of thioether (sulfide) groups is 1. The zero-order valence-electron chi connectivity index (χ0n) is 8.52. The number of hydrogen-bond acceptors (Lipinski definition) is 3. The average Bonchev–Trinajstić information content (AvgIpc) is 2.43. The molecule has 0 bridgehead atoms. The van der Waals surface area contributed by atoms with Gasteiger partial charge in [0.25, 0.3) is 0 Å². The molecule has 0 aliphatic carbocycles. The monoisotopic (exact) mass is 214 g/mol. The number of nitrogens with zero attached hydrogens (tertiary/aromatic N) is 2. The van der Waals surface area contributed by atoms with Crippen LogP contribution in [0.2, 0.25) is 0 Å². The maximum atomic E-state index is 10.7. The van der Waals surface area contributed by atoms with Crippen LogP contribution >= 0.6 is 11.8 Å². The van der Waals surface area contributed by atoms with Gasteiger partial charge in [0, 0.05) is 12.8 Å². The third-order valence-electron chi connectivity index (χ3n) is 1.71. The van der Waals surface area contributed by atoms with Crippen LogP contribution in [0.3, 0.4) is 0 Å². The Labute approximate surface area is 87.3 Å². The van der Waals surface area contributed by atoms with Gasteiger partial charge < -0.3 is 9.67 Å². The van der Waals surface area contributed by atoms with Crippen molar-refractivity contribution in [2.24, 2.45) is 13.0 Å². The molecule has 0 saturated carbocycles. The summed E-state index contributed by atoms with van der Waals surface area (Å²) in [4.78, 5) is 14.8. The SMILES string of the molecule is CC(C)CSc1ncc(C(=O)O)n1C. The van der Waals surface area contributed by atoms with Crippen LogP contribution in [-0.4, -0.2) is 26.4 Å². The molecule has 0 saturated heterocycles. The Kier molecular flexibility index (Phi) is 3.57. The van der Waals surface area contributed by atoms with Crippen molar-refractivity contribution in [1.82, 2.24) is 9.55 Å². The zero-order chi connectivity index (χ0) is 10.7. The molecule has 0 aliphatic heterocycles. The minimum atomic E-state index is -0.934. The fraction of sp³-hybridized carbons (Fsp3) is 0.556. The lowest BCUT2D eigenvalue weighted by molar-refractivity contribution is 0.0685. The van der Waals surface area contributed by atoms with Gasteiger partial charge in [-0.05, 0) is 5.92 Å². The number of carbonyl (C=O) groups is 1. The Morgan fingerprint density at radius 1 is 1.71 bits per heavy atom. The lowest BCUT2D eigenvalue weighted by Gasteiger charge is -2.04. The van der Waals surface area contributed by atoms with Gasteiger partial charge in [0.15, 0.2) is 5.16 Å². The van der Waals surface area contributed by atoms with E-state index in [2.05, 4.69) is 18.8 Å². The van der Waals surface area contributed by atoms with E-state index in [1.54, 1.807) is 23.4 Å². The Bertz CT molecular complexity index is 334. The standard InChI is InChI=1S/C9H14N2O2S/c1-6(2)5-14-9-10-4-7(8(12)13)11(9)3/h4,6H,5H2,1-3H3,(H,12,13). The second-order valence-electron chi connectivity index (χ2n) is 3.50. The largest absolute Gasteiger partial charge is 0.477 e. The van der Waals surface area contributed by atoms with Crippen LogP contribution in [0, 0.1) is 5.92 Å². The fourth-order valence-electron chi connectivity index (χ4n) is 0.967. The third kappa shape index (κ3) is 2.51. The molecule has 0 atom stereocenters. The van der Waals surface area contributed by atoms with E-state index in [-0.39, 0.29) is 5.69 Å². The van der Waals surface area contributed by atoms with Gasteiger partial charge in [0.1, 0.15) is 5.69 Å². The summed E-state index contributed by atoms with van der Waals surface area (Å²) in [6.07, 6.45) is 1.39. The van der Waals surface area contributed by atoms with Crippen LogP contribution in [0.5, 0.6) is 0 Å². The predicted molar refractivity (Wildman–Crippen MR) is 55.7 cm³/mol. The highest BCUT2D eigenvalue weighted by atomic mass is 32.2. The summed E-state index contributed by atoms with van der Waals surface area (Å²) in [6, 6.07) is 0. The minimum absolute atomic E-state index is 0.233. The average molecular weight is 214 g/mol. The topological polar surface area (TPSA) is 55.1 Å². The highest BCUT2D eigenvalue weighted by Gasteiger charge is 2.12. The molecule has 5 heteroatoms. The molecular weight excluding hydrogens is 200 g/mol. The van der Waals surface area contributed by atoms with Crippen molar-refractivity contribution >= 4 is 17.7 Å². The van der Waals surface area contributed by atoms with Crippen molar-refractivity contribution in [3.63, 3.8) is 0 Å². The van der Waals surface area contributed by atoms with Crippen molar-refractivity contribution in [1.29, 1.82) is 0 Å². The van der Waals surface area contributed by atoms with E-state index in [9.17, 15) is 4.79 Å². The molecule has 1 rings (SSSR count). The molecule has 0 fully saturated rings. The molecule has 1 aromatic heterocycles. The van der Waals surface area contributed by atoms with Crippen molar-refractivity contribution in [3.05, 3.63) is 11.9 Å². The molecule has 4 nitrogen and oxygen atoms in total. The summed E-state index contributed by atoms with van der Waals surface area (Å²) in [5.41, 5.74) is 0.233. The van der Waals surface area contributed by atoms with Gasteiger partial charge in [-0.2, -0.15) is 0 Å². The predicted octanol–water partition coefficient (Wildman–Crippen LogP) is 1.87. The quantitative estimate of drug-likeness (QED) is 0.777.